The number of piperidine rings is 1. The number of H-pyrrole nitrogens is 1. The van der Waals surface area contributed by atoms with Crippen molar-refractivity contribution in [2.75, 3.05) is 13.1 Å². The van der Waals surface area contributed by atoms with Crippen LogP contribution in [0.5, 0.6) is 0 Å². The van der Waals surface area contributed by atoms with Gasteiger partial charge in [0.2, 0.25) is 0 Å². The molecule has 1 aliphatic heterocycles. The summed E-state index contributed by atoms with van der Waals surface area (Å²) in [6, 6.07) is 5.65. The van der Waals surface area contributed by atoms with Gasteiger partial charge in [-0.1, -0.05) is 11.6 Å². The molecular weight excluding hydrogens is 294 g/mol. The van der Waals surface area contributed by atoms with Crippen molar-refractivity contribution >= 4 is 22.9 Å². The van der Waals surface area contributed by atoms with Gasteiger partial charge in [-0.15, -0.1) is 11.3 Å². The fourth-order valence-electron chi connectivity index (χ4n) is 2.70. The van der Waals surface area contributed by atoms with Crippen LogP contribution in [-0.2, 0) is 6.54 Å². The van der Waals surface area contributed by atoms with Gasteiger partial charge in [0.05, 0.1) is 16.4 Å². The van der Waals surface area contributed by atoms with Gasteiger partial charge < -0.3 is 4.98 Å². The van der Waals surface area contributed by atoms with Crippen LogP contribution in [0.3, 0.4) is 0 Å². The molecule has 2 aromatic rings. The lowest BCUT2D eigenvalue weighted by atomic mass is 9.94. The molecule has 3 rings (SSSR count). The fraction of sp³-hybridized carbons (Fsp3) is 0.429. The van der Waals surface area contributed by atoms with Crippen LogP contribution in [-0.4, -0.2) is 28.0 Å². The molecule has 4 nitrogen and oxygen atoms in total. The summed E-state index contributed by atoms with van der Waals surface area (Å²) in [5.41, 5.74) is 0.833. The Kier molecular flexibility index (Phi) is 4.19. The molecule has 0 amide bonds. The Bertz CT molecular complexity index is 639. The molecule has 0 aromatic carbocycles. The number of rotatable bonds is 3. The monoisotopic (exact) mass is 309 g/mol. The lowest BCUT2D eigenvalue weighted by molar-refractivity contribution is 0.200. The largest absolute Gasteiger partial charge is 0.313 e. The van der Waals surface area contributed by atoms with E-state index in [-0.39, 0.29) is 5.56 Å². The van der Waals surface area contributed by atoms with E-state index < -0.39 is 0 Å². The van der Waals surface area contributed by atoms with Crippen LogP contribution in [0, 0.1) is 0 Å². The second-order valence-electron chi connectivity index (χ2n) is 5.12. The molecule has 0 bridgehead atoms. The molecule has 0 spiro atoms. The minimum absolute atomic E-state index is 0.0721. The Balaban J connectivity index is 1.68. The lowest BCUT2D eigenvalue weighted by Gasteiger charge is -2.31. The Morgan fingerprint density at radius 3 is 3.15 bits per heavy atom. The van der Waals surface area contributed by atoms with Crippen LogP contribution >= 0.6 is 22.9 Å². The second kappa shape index (κ2) is 6.08. The second-order valence-corrected chi connectivity index (χ2v) is 6.92. The van der Waals surface area contributed by atoms with Crippen LogP contribution in [0.2, 0.25) is 4.34 Å². The molecule has 1 N–H and O–H groups in total. The average Bonchev–Trinajstić information content (AvgIpc) is 2.84. The van der Waals surface area contributed by atoms with E-state index in [4.69, 9.17) is 11.6 Å². The first-order chi connectivity index (χ1) is 9.70. The topological polar surface area (TPSA) is 49.0 Å². The van der Waals surface area contributed by atoms with Crippen LogP contribution in [0.1, 0.15) is 29.3 Å². The molecule has 3 heterocycles. The summed E-state index contributed by atoms with van der Waals surface area (Å²) in [6.45, 7) is 2.97. The van der Waals surface area contributed by atoms with Crippen LogP contribution < -0.4 is 5.56 Å². The molecule has 106 valence electrons. The summed E-state index contributed by atoms with van der Waals surface area (Å²) < 4.78 is 0.838. The van der Waals surface area contributed by atoms with Gasteiger partial charge in [-0.2, -0.15) is 0 Å². The molecule has 1 saturated heterocycles. The average molecular weight is 310 g/mol. The van der Waals surface area contributed by atoms with Gasteiger partial charge in [0, 0.05) is 30.0 Å². The Morgan fingerprint density at radius 2 is 2.40 bits per heavy atom. The highest BCUT2D eigenvalue weighted by molar-refractivity contribution is 7.16. The van der Waals surface area contributed by atoms with Gasteiger partial charge in [-0.05, 0) is 31.5 Å². The third kappa shape index (κ3) is 3.29. The van der Waals surface area contributed by atoms with Crippen molar-refractivity contribution in [2.45, 2.75) is 25.3 Å². The summed E-state index contributed by atoms with van der Waals surface area (Å²) in [5.74, 6) is 0.349. The predicted octanol–water partition coefficient (Wildman–Crippen LogP) is 2.86. The highest BCUT2D eigenvalue weighted by atomic mass is 35.5. The zero-order valence-electron chi connectivity index (χ0n) is 11.0. The molecule has 2 aromatic heterocycles. The molecule has 0 aliphatic carbocycles. The van der Waals surface area contributed by atoms with E-state index in [0.717, 1.165) is 42.5 Å². The molecule has 1 aliphatic rings. The number of aromatic amines is 1. The summed E-state index contributed by atoms with van der Waals surface area (Å²) in [6.07, 6.45) is 3.73. The summed E-state index contributed by atoms with van der Waals surface area (Å²) >= 11 is 7.61. The smallest absolute Gasteiger partial charge is 0.250 e. The van der Waals surface area contributed by atoms with Gasteiger partial charge in [0.15, 0.2) is 0 Å². The Morgan fingerprint density at radius 1 is 1.50 bits per heavy atom. The van der Waals surface area contributed by atoms with E-state index in [1.54, 1.807) is 17.4 Å². The molecule has 0 saturated carbocycles. The molecule has 1 fully saturated rings. The normalized spacial score (nSPS) is 20.1. The van der Waals surface area contributed by atoms with Crippen molar-refractivity contribution in [3.8, 4) is 0 Å². The van der Waals surface area contributed by atoms with Crippen molar-refractivity contribution in [3.63, 3.8) is 0 Å². The highest BCUT2D eigenvalue weighted by Gasteiger charge is 2.22. The first-order valence-electron chi connectivity index (χ1n) is 6.72. The minimum Gasteiger partial charge on any atom is -0.313 e. The lowest BCUT2D eigenvalue weighted by Crippen LogP contribution is -2.34. The molecule has 0 radical (unpaired) electrons. The Hall–Kier alpha value is -1.17. The number of nitrogens with zero attached hydrogens (tertiary/aromatic N) is 2. The first-order valence-corrected chi connectivity index (χ1v) is 7.91. The van der Waals surface area contributed by atoms with Gasteiger partial charge in [0.25, 0.3) is 5.56 Å². The van der Waals surface area contributed by atoms with Crippen molar-refractivity contribution < 1.29 is 0 Å². The number of likely N-dealkylation sites (tertiary alicyclic amines) is 1. The highest BCUT2D eigenvalue weighted by Crippen LogP contribution is 2.28. The summed E-state index contributed by atoms with van der Waals surface area (Å²) in [7, 11) is 0. The number of aromatic nitrogens is 2. The van der Waals surface area contributed by atoms with E-state index >= 15 is 0 Å². The van der Waals surface area contributed by atoms with E-state index in [0.29, 0.717) is 5.92 Å². The maximum absolute atomic E-state index is 11.4. The minimum atomic E-state index is -0.0721. The van der Waals surface area contributed by atoms with Crippen molar-refractivity contribution in [1.29, 1.82) is 0 Å². The van der Waals surface area contributed by atoms with Crippen LogP contribution in [0.25, 0.3) is 0 Å². The van der Waals surface area contributed by atoms with Crippen molar-refractivity contribution in [1.82, 2.24) is 14.9 Å². The third-order valence-corrected chi connectivity index (χ3v) is 4.85. The SMILES string of the molecule is O=c1cc(C2CCCN(Cc3ccc(Cl)s3)C2)nc[nH]1. The summed E-state index contributed by atoms with van der Waals surface area (Å²) in [5, 5.41) is 0. The molecule has 6 heteroatoms. The first kappa shape index (κ1) is 13.8. The van der Waals surface area contributed by atoms with E-state index in [2.05, 4.69) is 20.9 Å². The van der Waals surface area contributed by atoms with Gasteiger partial charge in [0.1, 0.15) is 0 Å². The van der Waals surface area contributed by atoms with Crippen molar-refractivity contribution in [3.05, 3.63) is 49.8 Å². The molecule has 1 unspecified atom stereocenters. The Labute approximate surface area is 126 Å². The van der Waals surface area contributed by atoms with Crippen molar-refractivity contribution in [2.24, 2.45) is 0 Å². The zero-order chi connectivity index (χ0) is 13.9. The van der Waals surface area contributed by atoms with E-state index in [9.17, 15) is 4.79 Å². The predicted molar refractivity (Wildman–Crippen MR) is 81.4 cm³/mol. The van der Waals surface area contributed by atoms with Crippen LogP contribution in [0.4, 0.5) is 0 Å². The molecular formula is C14H16ClN3OS. The molecule has 20 heavy (non-hydrogen) atoms. The van der Waals surface area contributed by atoms with Gasteiger partial charge in [-0.25, -0.2) is 4.98 Å². The fourth-order valence-corrected chi connectivity index (χ4v) is 3.83. The maximum Gasteiger partial charge on any atom is 0.250 e. The number of nitrogens with one attached hydrogen (secondary N) is 1. The number of halogens is 1. The number of hydrogen-bond acceptors (Lipinski definition) is 4. The van der Waals surface area contributed by atoms with Gasteiger partial charge in [-0.3, -0.25) is 9.69 Å². The zero-order valence-corrected chi connectivity index (χ0v) is 12.6. The maximum atomic E-state index is 11.4. The van der Waals surface area contributed by atoms with E-state index in [1.165, 1.54) is 11.2 Å². The number of thiophene rings is 1. The quantitative estimate of drug-likeness (QED) is 0.948. The molecule has 1 atom stereocenters. The number of hydrogen-bond donors (Lipinski definition) is 1. The van der Waals surface area contributed by atoms with E-state index in [1.807, 2.05) is 6.07 Å². The third-order valence-electron chi connectivity index (χ3n) is 3.63. The summed E-state index contributed by atoms with van der Waals surface area (Å²) in [4.78, 5) is 22.0. The standard InChI is InChI=1S/C14H16ClN3OS/c15-13-4-3-11(20-13)8-18-5-1-2-10(7-18)12-6-14(19)17-9-16-12/h3-4,6,9-10H,1-2,5,7-8H2,(H,16,17,19). The van der Waals surface area contributed by atoms with Crippen LogP contribution in [0.15, 0.2) is 29.3 Å². The van der Waals surface area contributed by atoms with Gasteiger partial charge >= 0.3 is 0 Å².